The average Bonchev–Trinajstić information content (AvgIpc) is 2.38. The lowest BCUT2D eigenvalue weighted by Gasteiger charge is -2.22. The van der Waals surface area contributed by atoms with Crippen LogP contribution in [0.5, 0.6) is 0 Å². The third-order valence-corrected chi connectivity index (χ3v) is 2.95. The van der Waals surface area contributed by atoms with Crippen LogP contribution in [0.15, 0.2) is 24.3 Å². The number of hydrogen-bond donors (Lipinski definition) is 1. The molecule has 6 heteroatoms. The molecule has 6 nitrogen and oxygen atoms in total. The maximum absolute atomic E-state index is 10.8. The number of carboxylic acids is 1. The Bertz CT molecular complexity index is 444. The van der Waals surface area contributed by atoms with Crippen molar-refractivity contribution in [1.82, 2.24) is 4.90 Å². The van der Waals surface area contributed by atoms with Crippen molar-refractivity contribution >= 4 is 11.7 Å². The summed E-state index contributed by atoms with van der Waals surface area (Å²) in [6, 6.07) is 6.33. The lowest BCUT2D eigenvalue weighted by Crippen LogP contribution is -2.31. The molecular weight excluding hydrogens is 248 g/mol. The summed E-state index contributed by atoms with van der Waals surface area (Å²) in [6.45, 7) is 5.41. The van der Waals surface area contributed by atoms with Crippen molar-refractivity contribution in [1.29, 1.82) is 0 Å². The third kappa shape index (κ3) is 4.67. The van der Waals surface area contributed by atoms with E-state index in [2.05, 4.69) is 0 Å². The SMILES string of the molecule is CCN(Cc1ccc([N+](=O)[O-])cc1)CC(C)C(=O)O. The van der Waals surface area contributed by atoms with Gasteiger partial charge in [-0.25, -0.2) is 0 Å². The molecule has 1 atom stereocenters. The van der Waals surface area contributed by atoms with E-state index in [-0.39, 0.29) is 5.69 Å². The van der Waals surface area contributed by atoms with Crippen LogP contribution in [-0.4, -0.2) is 34.0 Å². The molecule has 0 fully saturated rings. The standard InChI is InChI=1S/C13H18N2O4/c1-3-14(8-10(2)13(16)17)9-11-4-6-12(7-5-11)15(18)19/h4-7,10H,3,8-9H2,1-2H3,(H,16,17). The second kappa shape index (κ2) is 6.84. The molecule has 1 rings (SSSR count). The largest absolute Gasteiger partial charge is 0.481 e. The second-order valence-corrected chi connectivity index (χ2v) is 4.49. The van der Waals surface area contributed by atoms with Crippen molar-refractivity contribution in [3.63, 3.8) is 0 Å². The molecular formula is C13H18N2O4. The second-order valence-electron chi connectivity index (χ2n) is 4.49. The first-order chi connectivity index (χ1) is 8.93. The first-order valence-corrected chi connectivity index (χ1v) is 6.12. The number of non-ortho nitro benzene ring substituents is 1. The molecule has 0 radical (unpaired) electrons. The fourth-order valence-electron chi connectivity index (χ4n) is 1.75. The van der Waals surface area contributed by atoms with Crippen LogP contribution in [0.3, 0.4) is 0 Å². The van der Waals surface area contributed by atoms with Gasteiger partial charge in [0.05, 0.1) is 10.8 Å². The minimum atomic E-state index is -0.817. The van der Waals surface area contributed by atoms with E-state index >= 15 is 0 Å². The minimum Gasteiger partial charge on any atom is -0.481 e. The molecule has 1 N–H and O–H groups in total. The Morgan fingerprint density at radius 3 is 2.42 bits per heavy atom. The van der Waals surface area contributed by atoms with E-state index in [4.69, 9.17) is 5.11 Å². The van der Waals surface area contributed by atoms with E-state index in [0.29, 0.717) is 13.1 Å². The van der Waals surface area contributed by atoms with Gasteiger partial charge in [0.1, 0.15) is 0 Å². The Hall–Kier alpha value is -1.95. The van der Waals surface area contributed by atoms with Crippen LogP contribution in [0, 0.1) is 16.0 Å². The lowest BCUT2D eigenvalue weighted by molar-refractivity contribution is -0.384. The highest BCUT2D eigenvalue weighted by molar-refractivity contribution is 5.69. The zero-order valence-electron chi connectivity index (χ0n) is 11.1. The monoisotopic (exact) mass is 266 g/mol. The van der Waals surface area contributed by atoms with Crippen LogP contribution < -0.4 is 0 Å². The fraction of sp³-hybridized carbons (Fsp3) is 0.462. The highest BCUT2D eigenvalue weighted by Crippen LogP contribution is 2.14. The molecule has 104 valence electrons. The molecule has 0 heterocycles. The van der Waals surface area contributed by atoms with Crippen molar-refractivity contribution in [3.8, 4) is 0 Å². The van der Waals surface area contributed by atoms with E-state index < -0.39 is 16.8 Å². The summed E-state index contributed by atoms with van der Waals surface area (Å²) in [5.41, 5.74) is 0.996. The summed E-state index contributed by atoms with van der Waals surface area (Å²) in [6.07, 6.45) is 0. The predicted molar refractivity (Wildman–Crippen MR) is 70.8 cm³/mol. The number of hydrogen-bond acceptors (Lipinski definition) is 4. The number of carboxylic acid groups (broad SMARTS) is 1. The first kappa shape index (κ1) is 15.1. The topological polar surface area (TPSA) is 83.7 Å². The number of rotatable bonds is 7. The van der Waals surface area contributed by atoms with Crippen LogP contribution in [0.4, 0.5) is 5.69 Å². The van der Waals surface area contributed by atoms with E-state index in [1.807, 2.05) is 11.8 Å². The zero-order valence-corrected chi connectivity index (χ0v) is 11.1. The fourth-order valence-corrected chi connectivity index (χ4v) is 1.75. The predicted octanol–water partition coefficient (Wildman–Crippen LogP) is 2.14. The lowest BCUT2D eigenvalue weighted by atomic mass is 10.1. The van der Waals surface area contributed by atoms with Gasteiger partial charge in [-0.3, -0.25) is 19.8 Å². The van der Waals surface area contributed by atoms with Gasteiger partial charge in [-0.2, -0.15) is 0 Å². The van der Waals surface area contributed by atoms with Gasteiger partial charge >= 0.3 is 5.97 Å². The summed E-state index contributed by atoms with van der Waals surface area (Å²) < 4.78 is 0. The van der Waals surface area contributed by atoms with Crippen LogP contribution in [-0.2, 0) is 11.3 Å². The smallest absolute Gasteiger partial charge is 0.307 e. The van der Waals surface area contributed by atoms with Crippen molar-refractivity contribution in [3.05, 3.63) is 39.9 Å². The molecule has 0 spiro atoms. The minimum absolute atomic E-state index is 0.0608. The number of aliphatic carboxylic acids is 1. The molecule has 0 amide bonds. The summed E-state index contributed by atoms with van der Waals surface area (Å²) in [7, 11) is 0. The highest BCUT2D eigenvalue weighted by Gasteiger charge is 2.15. The summed E-state index contributed by atoms with van der Waals surface area (Å²) in [5, 5.41) is 19.4. The average molecular weight is 266 g/mol. The Labute approximate surface area is 111 Å². The number of benzene rings is 1. The van der Waals surface area contributed by atoms with Gasteiger partial charge in [-0.05, 0) is 12.1 Å². The molecule has 0 aromatic heterocycles. The highest BCUT2D eigenvalue weighted by atomic mass is 16.6. The van der Waals surface area contributed by atoms with E-state index in [1.165, 1.54) is 12.1 Å². The van der Waals surface area contributed by atoms with E-state index in [9.17, 15) is 14.9 Å². The maximum Gasteiger partial charge on any atom is 0.307 e. The van der Waals surface area contributed by atoms with Gasteiger partial charge < -0.3 is 5.11 Å². The molecule has 0 aliphatic carbocycles. The van der Waals surface area contributed by atoms with Crippen LogP contribution in [0.1, 0.15) is 19.4 Å². The zero-order chi connectivity index (χ0) is 14.4. The molecule has 19 heavy (non-hydrogen) atoms. The Morgan fingerprint density at radius 1 is 1.42 bits per heavy atom. The van der Waals surface area contributed by atoms with Gasteiger partial charge in [-0.1, -0.05) is 26.0 Å². The number of carbonyl (C=O) groups is 1. The van der Waals surface area contributed by atoms with Gasteiger partial charge in [0.15, 0.2) is 0 Å². The molecule has 0 saturated carbocycles. The summed E-state index contributed by atoms with van der Waals surface area (Å²) >= 11 is 0. The quantitative estimate of drug-likeness (QED) is 0.603. The van der Waals surface area contributed by atoms with E-state index in [0.717, 1.165) is 12.1 Å². The van der Waals surface area contributed by atoms with Crippen molar-refractivity contribution in [2.24, 2.45) is 5.92 Å². The van der Waals surface area contributed by atoms with E-state index in [1.54, 1.807) is 19.1 Å². The number of nitro benzene ring substituents is 1. The van der Waals surface area contributed by atoms with Gasteiger partial charge in [0.2, 0.25) is 0 Å². The Balaban J connectivity index is 2.65. The van der Waals surface area contributed by atoms with Crippen molar-refractivity contribution < 1.29 is 14.8 Å². The van der Waals surface area contributed by atoms with Gasteiger partial charge in [-0.15, -0.1) is 0 Å². The first-order valence-electron chi connectivity index (χ1n) is 6.12. The molecule has 0 aliphatic heterocycles. The van der Waals surface area contributed by atoms with Gasteiger partial charge in [0.25, 0.3) is 5.69 Å². The van der Waals surface area contributed by atoms with Crippen LogP contribution >= 0.6 is 0 Å². The van der Waals surface area contributed by atoms with Crippen LogP contribution in [0.2, 0.25) is 0 Å². The molecule has 1 unspecified atom stereocenters. The summed E-state index contributed by atoms with van der Waals surface area (Å²) in [4.78, 5) is 22.9. The maximum atomic E-state index is 10.8. The Kier molecular flexibility index (Phi) is 5.44. The third-order valence-electron chi connectivity index (χ3n) is 2.95. The van der Waals surface area contributed by atoms with Crippen molar-refractivity contribution in [2.45, 2.75) is 20.4 Å². The number of nitrogens with zero attached hydrogens (tertiary/aromatic N) is 2. The van der Waals surface area contributed by atoms with Gasteiger partial charge in [0, 0.05) is 25.2 Å². The Morgan fingerprint density at radius 2 is 2.00 bits per heavy atom. The van der Waals surface area contributed by atoms with Crippen molar-refractivity contribution in [2.75, 3.05) is 13.1 Å². The molecule has 1 aromatic carbocycles. The van der Waals surface area contributed by atoms with Crippen LogP contribution in [0.25, 0.3) is 0 Å². The number of nitro groups is 1. The molecule has 0 bridgehead atoms. The molecule has 0 saturated heterocycles. The summed E-state index contributed by atoms with van der Waals surface area (Å²) in [5.74, 6) is -1.25. The molecule has 0 aliphatic rings. The molecule has 1 aromatic rings. The normalized spacial score (nSPS) is 12.4.